The minimum absolute atomic E-state index is 0.221. The van der Waals surface area contributed by atoms with Gasteiger partial charge >= 0.3 is 0 Å². The van der Waals surface area contributed by atoms with Crippen molar-refractivity contribution in [1.29, 1.82) is 0 Å². The molecule has 0 aliphatic rings. The molecule has 1 aromatic rings. The van der Waals surface area contributed by atoms with Gasteiger partial charge in [0.1, 0.15) is 5.75 Å². The molecule has 0 saturated carbocycles. The summed E-state index contributed by atoms with van der Waals surface area (Å²) in [5.74, 6) is 0.750. The van der Waals surface area contributed by atoms with Crippen molar-refractivity contribution in [2.24, 2.45) is 5.73 Å². The minimum Gasteiger partial charge on any atom is -0.492 e. The van der Waals surface area contributed by atoms with E-state index in [9.17, 15) is 0 Å². The van der Waals surface area contributed by atoms with Gasteiger partial charge in [0.25, 0.3) is 0 Å². The van der Waals surface area contributed by atoms with Gasteiger partial charge in [-0.3, -0.25) is 0 Å². The van der Waals surface area contributed by atoms with Crippen LogP contribution in [0.2, 0.25) is 5.02 Å². The third-order valence-corrected chi connectivity index (χ3v) is 2.63. The van der Waals surface area contributed by atoms with E-state index in [0.717, 1.165) is 12.2 Å². The lowest BCUT2D eigenvalue weighted by atomic mass is 9.93. The molecule has 0 saturated heterocycles. The summed E-state index contributed by atoms with van der Waals surface area (Å²) in [6, 6.07) is 3.93. The number of nitrogens with two attached hydrogens (primary N) is 1. The standard InChI is InChI=1S/C13H20ClNO/c1-5-16-12-6-9(2)10(7-11(12)14)8-13(3,4)15/h6-7H,5,8,15H2,1-4H3. The van der Waals surface area contributed by atoms with Crippen molar-refractivity contribution in [3.63, 3.8) is 0 Å². The molecular formula is C13H20ClNO. The second-order valence-electron chi connectivity index (χ2n) is 4.81. The van der Waals surface area contributed by atoms with Gasteiger partial charge in [0.2, 0.25) is 0 Å². The molecule has 90 valence electrons. The first-order valence-electron chi connectivity index (χ1n) is 5.54. The molecule has 0 amide bonds. The van der Waals surface area contributed by atoms with Crippen LogP contribution in [0.4, 0.5) is 0 Å². The molecular weight excluding hydrogens is 222 g/mol. The number of ether oxygens (including phenoxy) is 1. The second kappa shape index (κ2) is 5.07. The SMILES string of the molecule is CCOc1cc(C)c(CC(C)(C)N)cc1Cl. The largest absolute Gasteiger partial charge is 0.492 e. The van der Waals surface area contributed by atoms with Gasteiger partial charge < -0.3 is 10.5 Å². The zero-order valence-electron chi connectivity index (χ0n) is 10.4. The highest BCUT2D eigenvalue weighted by Crippen LogP contribution is 2.29. The molecule has 0 heterocycles. The molecule has 0 radical (unpaired) electrons. The van der Waals surface area contributed by atoms with Crippen molar-refractivity contribution in [3.05, 3.63) is 28.3 Å². The van der Waals surface area contributed by atoms with Crippen molar-refractivity contribution in [3.8, 4) is 5.75 Å². The Bertz CT molecular complexity index is 369. The Morgan fingerprint density at radius 3 is 2.50 bits per heavy atom. The molecule has 0 spiro atoms. The molecule has 2 N–H and O–H groups in total. The van der Waals surface area contributed by atoms with Gasteiger partial charge in [-0.25, -0.2) is 0 Å². The van der Waals surface area contributed by atoms with Gasteiger partial charge in [-0.15, -0.1) is 0 Å². The van der Waals surface area contributed by atoms with Crippen molar-refractivity contribution in [2.45, 2.75) is 39.7 Å². The zero-order chi connectivity index (χ0) is 12.3. The lowest BCUT2D eigenvalue weighted by Crippen LogP contribution is -2.34. The highest BCUT2D eigenvalue weighted by Gasteiger charge is 2.15. The molecule has 1 aromatic carbocycles. The summed E-state index contributed by atoms with van der Waals surface area (Å²) in [7, 11) is 0. The maximum atomic E-state index is 6.14. The Labute approximate surface area is 103 Å². The third kappa shape index (κ3) is 3.69. The first kappa shape index (κ1) is 13.3. The van der Waals surface area contributed by atoms with E-state index in [1.807, 2.05) is 32.9 Å². The number of halogens is 1. The van der Waals surface area contributed by atoms with Crippen molar-refractivity contribution in [1.82, 2.24) is 0 Å². The molecule has 0 fully saturated rings. The summed E-state index contributed by atoms with van der Waals surface area (Å²) < 4.78 is 5.44. The quantitative estimate of drug-likeness (QED) is 0.878. The number of benzene rings is 1. The van der Waals surface area contributed by atoms with E-state index in [0.29, 0.717) is 11.6 Å². The fraction of sp³-hybridized carbons (Fsp3) is 0.538. The molecule has 0 aliphatic carbocycles. The maximum Gasteiger partial charge on any atom is 0.138 e. The fourth-order valence-corrected chi connectivity index (χ4v) is 1.88. The maximum absolute atomic E-state index is 6.14. The van der Waals surface area contributed by atoms with Crippen LogP contribution in [0.25, 0.3) is 0 Å². The van der Waals surface area contributed by atoms with Crippen LogP contribution in [0.3, 0.4) is 0 Å². The first-order chi connectivity index (χ1) is 7.33. The van der Waals surface area contributed by atoms with Gasteiger partial charge in [-0.2, -0.15) is 0 Å². The third-order valence-electron chi connectivity index (χ3n) is 2.34. The molecule has 16 heavy (non-hydrogen) atoms. The second-order valence-corrected chi connectivity index (χ2v) is 5.21. The van der Waals surface area contributed by atoms with E-state index in [2.05, 4.69) is 6.92 Å². The number of aryl methyl sites for hydroxylation is 1. The monoisotopic (exact) mass is 241 g/mol. The average molecular weight is 242 g/mol. The summed E-state index contributed by atoms with van der Waals surface area (Å²) in [6.07, 6.45) is 0.810. The van der Waals surface area contributed by atoms with Crippen molar-refractivity contribution in [2.75, 3.05) is 6.61 Å². The topological polar surface area (TPSA) is 35.2 Å². The summed E-state index contributed by atoms with van der Waals surface area (Å²) in [5, 5.41) is 0.659. The normalized spacial score (nSPS) is 11.6. The van der Waals surface area contributed by atoms with Crippen LogP contribution in [0.15, 0.2) is 12.1 Å². The molecule has 0 atom stereocenters. The molecule has 0 aliphatic heterocycles. The Morgan fingerprint density at radius 2 is 2.00 bits per heavy atom. The Hall–Kier alpha value is -0.730. The van der Waals surface area contributed by atoms with E-state index in [-0.39, 0.29) is 5.54 Å². The number of hydrogen-bond donors (Lipinski definition) is 1. The molecule has 3 heteroatoms. The molecule has 0 aromatic heterocycles. The van der Waals surface area contributed by atoms with Crippen LogP contribution >= 0.6 is 11.6 Å². The minimum atomic E-state index is -0.221. The van der Waals surface area contributed by atoms with Gasteiger partial charge in [-0.1, -0.05) is 11.6 Å². The highest BCUT2D eigenvalue weighted by molar-refractivity contribution is 6.32. The van der Waals surface area contributed by atoms with Crippen LogP contribution in [-0.2, 0) is 6.42 Å². The van der Waals surface area contributed by atoms with E-state index in [1.54, 1.807) is 0 Å². The summed E-state index contributed by atoms with van der Waals surface area (Å²) in [5.41, 5.74) is 8.14. The Kier molecular flexibility index (Phi) is 4.22. The van der Waals surface area contributed by atoms with Gasteiger partial charge in [-0.05, 0) is 57.4 Å². The van der Waals surface area contributed by atoms with Crippen molar-refractivity contribution >= 4 is 11.6 Å². The van der Waals surface area contributed by atoms with E-state index >= 15 is 0 Å². The van der Waals surface area contributed by atoms with E-state index < -0.39 is 0 Å². The lowest BCUT2D eigenvalue weighted by molar-refractivity contribution is 0.340. The van der Waals surface area contributed by atoms with Crippen LogP contribution in [0.5, 0.6) is 5.75 Å². The summed E-state index contributed by atoms with van der Waals surface area (Å²) in [6.45, 7) is 8.65. The predicted molar refractivity (Wildman–Crippen MR) is 69.3 cm³/mol. The van der Waals surface area contributed by atoms with Crippen LogP contribution in [0, 0.1) is 6.92 Å². The van der Waals surface area contributed by atoms with E-state index in [1.165, 1.54) is 11.1 Å². The van der Waals surface area contributed by atoms with Crippen LogP contribution in [0.1, 0.15) is 31.9 Å². The zero-order valence-corrected chi connectivity index (χ0v) is 11.2. The van der Waals surface area contributed by atoms with Crippen LogP contribution in [-0.4, -0.2) is 12.1 Å². The van der Waals surface area contributed by atoms with Gasteiger partial charge in [0.15, 0.2) is 0 Å². The molecule has 1 rings (SSSR count). The fourth-order valence-electron chi connectivity index (χ4n) is 1.64. The molecule has 2 nitrogen and oxygen atoms in total. The smallest absolute Gasteiger partial charge is 0.138 e. The number of hydrogen-bond acceptors (Lipinski definition) is 2. The van der Waals surface area contributed by atoms with Crippen LogP contribution < -0.4 is 10.5 Å². The first-order valence-corrected chi connectivity index (χ1v) is 5.92. The Morgan fingerprint density at radius 1 is 1.38 bits per heavy atom. The molecule has 0 unspecified atom stereocenters. The van der Waals surface area contributed by atoms with E-state index in [4.69, 9.17) is 22.1 Å². The van der Waals surface area contributed by atoms with Gasteiger partial charge in [0, 0.05) is 5.54 Å². The predicted octanol–water partition coefficient (Wildman–Crippen LogP) is 3.33. The number of rotatable bonds is 4. The Balaban J connectivity index is 3.01. The van der Waals surface area contributed by atoms with Gasteiger partial charge in [0.05, 0.1) is 11.6 Å². The summed E-state index contributed by atoms with van der Waals surface area (Å²) >= 11 is 6.14. The molecule has 0 bridgehead atoms. The lowest BCUT2D eigenvalue weighted by Gasteiger charge is -2.20. The summed E-state index contributed by atoms with van der Waals surface area (Å²) in [4.78, 5) is 0. The van der Waals surface area contributed by atoms with Crippen molar-refractivity contribution < 1.29 is 4.74 Å². The average Bonchev–Trinajstić information content (AvgIpc) is 2.11. The highest BCUT2D eigenvalue weighted by atomic mass is 35.5.